The Morgan fingerprint density at radius 1 is 1.67 bits per heavy atom. The Labute approximate surface area is 71.0 Å². The molecule has 3 nitrogen and oxygen atoms in total. The summed E-state index contributed by atoms with van der Waals surface area (Å²) in [5, 5.41) is 9.46. The molecule has 0 fully saturated rings. The molecule has 1 aromatic rings. The summed E-state index contributed by atoms with van der Waals surface area (Å²) < 4.78 is 4.98. The van der Waals surface area contributed by atoms with Crippen LogP contribution in [0.15, 0.2) is 12.3 Å². The summed E-state index contributed by atoms with van der Waals surface area (Å²) in [6.07, 6.45) is 3.11. The molecule has 64 valence electrons. The van der Waals surface area contributed by atoms with Crippen LogP contribution < -0.4 is 4.74 Å². The van der Waals surface area contributed by atoms with E-state index in [1.807, 2.05) is 6.07 Å². The van der Waals surface area contributed by atoms with E-state index in [0.717, 1.165) is 24.0 Å². The zero-order valence-corrected chi connectivity index (χ0v) is 6.95. The van der Waals surface area contributed by atoms with E-state index in [0.29, 0.717) is 5.88 Å². The number of hydrogen-bond donors (Lipinski definition) is 1. The first-order chi connectivity index (χ1) is 5.81. The van der Waals surface area contributed by atoms with E-state index in [9.17, 15) is 5.11 Å². The second-order valence-corrected chi connectivity index (χ2v) is 2.98. The van der Waals surface area contributed by atoms with Crippen molar-refractivity contribution >= 4 is 0 Å². The Morgan fingerprint density at radius 2 is 2.50 bits per heavy atom. The summed E-state index contributed by atoms with van der Waals surface area (Å²) in [5.74, 6) is 0.628. The van der Waals surface area contributed by atoms with Crippen LogP contribution in [0.1, 0.15) is 23.7 Å². The van der Waals surface area contributed by atoms with Crippen molar-refractivity contribution in [3.05, 3.63) is 23.4 Å². The van der Waals surface area contributed by atoms with E-state index in [-0.39, 0.29) is 6.10 Å². The minimum absolute atomic E-state index is 0.321. The fourth-order valence-electron chi connectivity index (χ4n) is 1.56. The molecule has 1 atom stereocenters. The van der Waals surface area contributed by atoms with E-state index in [1.54, 1.807) is 13.3 Å². The Bertz CT molecular complexity index is 299. The third-order valence-electron chi connectivity index (χ3n) is 2.25. The van der Waals surface area contributed by atoms with Gasteiger partial charge in [-0.05, 0) is 18.4 Å². The zero-order chi connectivity index (χ0) is 8.55. The number of hydrogen-bond acceptors (Lipinski definition) is 3. The van der Waals surface area contributed by atoms with Gasteiger partial charge in [-0.2, -0.15) is 0 Å². The van der Waals surface area contributed by atoms with E-state index >= 15 is 0 Å². The molecule has 0 radical (unpaired) electrons. The molecule has 0 aliphatic heterocycles. The lowest BCUT2D eigenvalue weighted by Gasteiger charge is -2.03. The normalized spacial score (nSPS) is 20.7. The first-order valence-corrected chi connectivity index (χ1v) is 4.02. The number of aromatic nitrogens is 1. The highest BCUT2D eigenvalue weighted by Crippen LogP contribution is 2.31. The van der Waals surface area contributed by atoms with Gasteiger partial charge in [0.1, 0.15) is 0 Å². The highest BCUT2D eigenvalue weighted by atomic mass is 16.5. The lowest BCUT2D eigenvalue weighted by molar-refractivity contribution is 0.179. The van der Waals surface area contributed by atoms with Crippen LogP contribution in [0.5, 0.6) is 5.88 Å². The van der Waals surface area contributed by atoms with Gasteiger partial charge in [0.15, 0.2) is 0 Å². The van der Waals surface area contributed by atoms with Crippen molar-refractivity contribution < 1.29 is 9.84 Å². The van der Waals surface area contributed by atoms with E-state index in [1.165, 1.54) is 0 Å². The van der Waals surface area contributed by atoms with Crippen LogP contribution in [-0.2, 0) is 6.42 Å². The van der Waals surface area contributed by atoms with Crippen LogP contribution in [0.2, 0.25) is 0 Å². The number of fused-ring (bicyclic) bond motifs is 1. The Morgan fingerprint density at radius 3 is 3.25 bits per heavy atom. The van der Waals surface area contributed by atoms with Gasteiger partial charge in [0.25, 0.3) is 0 Å². The van der Waals surface area contributed by atoms with E-state index < -0.39 is 0 Å². The Kier molecular flexibility index (Phi) is 1.73. The predicted molar refractivity (Wildman–Crippen MR) is 44.1 cm³/mol. The van der Waals surface area contributed by atoms with Gasteiger partial charge in [0, 0.05) is 17.8 Å². The molecule has 0 spiro atoms. The topological polar surface area (TPSA) is 42.4 Å². The standard InChI is InChI=1S/C9H11NO2/c1-12-9-4-6-2-3-8(11)7(6)5-10-9/h4-5,8,11H,2-3H2,1H3. The summed E-state index contributed by atoms with van der Waals surface area (Å²) in [7, 11) is 1.60. The third kappa shape index (κ3) is 1.06. The maximum absolute atomic E-state index is 9.46. The van der Waals surface area contributed by atoms with Crippen LogP contribution in [0.25, 0.3) is 0 Å². The highest BCUT2D eigenvalue weighted by Gasteiger charge is 2.20. The fraction of sp³-hybridized carbons (Fsp3) is 0.444. The molecule has 0 saturated carbocycles. The van der Waals surface area contributed by atoms with Crippen LogP contribution in [0, 0.1) is 0 Å². The van der Waals surface area contributed by atoms with Crippen molar-refractivity contribution in [2.45, 2.75) is 18.9 Å². The van der Waals surface area contributed by atoms with Crippen LogP contribution in [0.4, 0.5) is 0 Å². The lowest BCUT2D eigenvalue weighted by Crippen LogP contribution is -1.93. The highest BCUT2D eigenvalue weighted by molar-refractivity contribution is 5.34. The summed E-state index contributed by atoms with van der Waals surface area (Å²) in [6.45, 7) is 0. The summed E-state index contributed by atoms with van der Waals surface area (Å²) in [4.78, 5) is 4.04. The van der Waals surface area contributed by atoms with Crippen molar-refractivity contribution in [2.24, 2.45) is 0 Å². The van der Waals surface area contributed by atoms with Gasteiger partial charge in [-0.25, -0.2) is 4.98 Å². The second kappa shape index (κ2) is 2.75. The van der Waals surface area contributed by atoms with Crippen molar-refractivity contribution in [2.75, 3.05) is 7.11 Å². The average molecular weight is 165 g/mol. The SMILES string of the molecule is COc1cc2c(cn1)C(O)CC2. The molecule has 1 aliphatic carbocycles. The third-order valence-corrected chi connectivity index (χ3v) is 2.25. The molecule has 3 heteroatoms. The number of ether oxygens (including phenoxy) is 1. The van der Waals surface area contributed by atoms with Crippen molar-refractivity contribution in [1.82, 2.24) is 4.98 Å². The monoisotopic (exact) mass is 165 g/mol. The molecule has 0 saturated heterocycles. The number of methoxy groups -OCH3 is 1. The van der Waals surface area contributed by atoms with Crippen molar-refractivity contribution in [3.63, 3.8) is 0 Å². The number of aryl methyl sites for hydroxylation is 1. The van der Waals surface area contributed by atoms with Gasteiger partial charge in [0.05, 0.1) is 13.2 Å². The second-order valence-electron chi connectivity index (χ2n) is 2.98. The van der Waals surface area contributed by atoms with Gasteiger partial charge in [-0.15, -0.1) is 0 Å². The minimum Gasteiger partial charge on any atom is -0.481 e. The number of aliphatic hydroxyl groups excluding tert-OH is 1. The first kappa shape index (κ1) is 7.55. The van der Waals surface area contributed by atoms with Gasteiger partial charge in [0.2, 0.25) is 5.88 Å². The van der Waals surface area contributed by atoms with E-state index in [4.69, 9.17) is 4.74 Å². The molecule has 1 aromatic heterocycles. The molecule has 1 aliphatic rings. The smallest absolute Gasteiger partial charge is 0.213 e. The van der Waals surface area contributed by atoms with Crippen LogP contribution >= 0.6 is 0 Å². The molecule has 1 unspecified atom stereocenters. The predicted octanol–water partition coefficient (Wildman–Crippen LogP) is 1.07. The molecule has 12 heavy (non-hydrogen) atoms. The molecule has 0 amide bonds. The largest absolute Gasteiger partial charge is 0.481 e. The molecule has 0 bridgehead atoms. The van der Waals surface area contributed by atoms with Gasteiger partial charge >= 0.3 is 0 Å². The van der Waals surface area contributed by atoms with Gasteiger partial charge in [-0.1, -0.05) is 0 Å². The van der Waals surface area contributed by atoms with Crippen LogP contribution in [-0.4, -0.2) is 17.2 Å². The summed E-state index contributed by atoms with van der Waals surface area (Å²) in [5.41, 5.74) is 2.12. The quantitative estimate of drug-likeness (QED) is 0.676. The maximum atomic E-state index is 9.46. The number of pyridine rings is 1. The number of rotatable bonds is 1. The molecule has 0 aromatic carbocycles. The lowest BCUT2D eigenvalue weighted by atomic mass is 10.2. The Hall–Kier alpha value is -1.09. The van der Waals surface area contributed by atoms with Crippen molar-refractivity contribution in [1.29, 1.82) is 0 Å². The van der Waals surface area contributed by atoms with Crippen LogP contribution in [0.3, 0.4) is 0 Å². The zero-order valence-electron chi connectivity index (χ0n) is 6.95. The number of aliphatic hydroxyl groups is 1. The van der Waals surface area contributed by atoms with E-state index in [2.05, 4.69) is 4.98 Å². The summed E-state index contributed by atoms with van der Waals surface area (Å²) in [6, 6.07) is 1.89. The number of nitrogens with zero attached hydrogens (tertiary/aromatic N) is 1. The fourth-order valence-corrected chi connectivity index (χ4v) is 1.56. The van der Waals surface area contributed by atoms with Gasteiger partial charge in [-0.3, -0.25) is 0 Å². The van der Waals surface area contributed by atoms with Gasteiger partial charge < -0.3 is 9.84 Å². The molecular formula is C9H11NO2. The molecule has 2 rings (SSSR count). The average Bonchev–Trinajstić information content (AvgIpc) is 2.47. The molecule has 1 N–H and O–H groups in total. The first-order valence-electron chi connectivity index (χ1n) is 4.02. The van der Waals surface area contributed by atoms with Crippen molar-refractivity contribution in [3.8, 4) is 5.88 Å². The Balaban J connectivity index is 2.41. The summed E-state index contributed by atoms with van der Waals surface area (Å²) >= 11 is 0. The molecular weight excluding hydrogens is 154 g/mol. The minimum atomic E-state index is -0.321. The maximum Gasteiger partial charge on any atom is 0.213 e. The molecule has 1 heterocycles.